The monoisotopic (exact) mass is 293 g/mol. The molecule has 0 spiro atoms. The molecule has 0 aliphatic carbocycles. The zero-order chi connectivity index (χ0) is 15.4. The molecule has 0 saturated carbocycles. The molecule has 4 nitrogen and oxygen atoms in total. The van der Waals surface area contributed by atoms with Crippen molar-refractivity contribution in [2.24, 2.45) is 0 Å². The number of halogens is 1. The summed E-state index contributed by atoms with van der Waals surface area (Å²) in [5.41, 5.74) is 0.698. The fourth-order valence-electron chi connectivity index (χ4n) is 2.79. The minimum atomic E-state index is -0.169. The van der Waals surface area contributed by atoms with E-state index >= 15 is 0 Å². The van der Waals surface area contributed by atoms with Crippen LogP contribution in [-0.2, 0) is 0 Å². The molecule has 2 rings (SSSR count). The highest BCUT2D eigenvalue weighted by molar-refractivity contribution is 5.73. The summed E-state index contributed by atoms with van der Waals surface area (Å²) in [5, 5.41) is 3.47. The molecule has 21 heavy (non-hydrogen) atoms. The molecule has 1 aromatic rings. The van der Waals surface area contributed by atoms with Gasteiger partial charge in [-0.1, -0.05) is 18.2 Å². The Morgan fingerprint density at radius 2 is 1.95 bits per heavy atom. The molecule has 1 heterocycles. The average molecular weight is 293 g/mol. The Morgan fingerprint density at radius 3 is 2.52 bits per heavy atom. The van der Waals surface area contributed by atoms with E-state index in [4.69, 9.17) is 0 Å². The predicted molar refractivity (Wildman–Crippen MR) is 81.6 cm³/mol. The van der Waals surface area contributed by atoms with Gasteiger partial charge in [-0.3, -0.25) is 0 Å². The van der Waals surface area contributed by atoms with Crippen LogP contribution in [0.5, 0.6) is 0 Å². The topological polar surface area (TPSA) is 35.6 Å². The first-order chi connectivity index (χ1) is 9.99. The lowest BCUT2D eigenvalue weighted by atomic mass is 10.0. The fourth-order valence-corrected chi connectivity index (χ4v) is 2.79. The molecule has 1 unspecified atom stereocenters. The van der Waals surface area contributed by atoms with E-state index in [1.165, 1.54) is 6.07 Å². The van der Waals surface area contributed by atoms with Gasteiger partial charge < -0.3 is 15.1 Å². The minimum absolute atomic E-state index is 0.0210. The fraction of sp³-hybridized carbons (Fsp3) is 0.562. The summed E-state index contributed by atoms with van der Waals surface area (Å²) in [6.45, 7) is 3.48. The van der Waals surface area contributed by atoms with E-state index in [0.717, 1.165) is 25.9 Å². The van der Waals surface area contributed by atoms with E-state index in [1.807, 2.05) is 24.0 Å². The molecular formula is C16H24FN3O. The number of rotatable bonds is 3. The Balaban J connectivity index is 1.86. The van der Waals surface area contributed by atoms with Gasteiger partial charge in [-0.25, -0.2) is 9.18 Å². The first kappa shape index (κ1) is 15.8. The highest BCUT2D eigenvalue weighted by Crippen LogP contribution is 2.20. The van der Waals surface area contributed by atoms with Crippen molar-refractivity contribution < 1.29 is 9.18 Å². The van der Waals surface area contributed by atoms with Gasteiger partial charge in [0.15, 0.2) is 0 Å². The summed E-state index contributed by atoms with van der Waals surface area (Å²) < 4.78 is 13.8. The number of carbonyl (C=O) groups is 1. The maximum atomic E-state index is 13.8. The molecule has 116 valence electrons. The summed E-state index contributed by atoms with van der Waals surface area (Å²) in [6.07, 6.45) is 1.80. The molecule has 5 heteroatoms. The van der Waals surface area contributed by atoms with Crippen LogP contribution in [0.2, 0.25) is 0 Å². The van der Waals surface area contributed by atoms with Crippen LogP contribution >= 0.6 is 0 Å². The summed E-state index contributed by atoms with van der Waals surface area (Å²) in [6, 6.07) is 7.24. The van der Waals surface area contributed by atoms with E-state index < -0.39 is 0 Å². The molecule has 1 aliphatic heterocycles. The number of benzene rings is 1. The van der Waals surface area contributed by atoms with E-state index in [2.05, 4.69) is 5.32 Å². The van der Waals surface area contributed by atoms with Gasteiger partial charge in [0.2, 0.25) is 0 Å². The smallest absolute Gasteiger partial charge is 0.319 e. The van der Waals surface area contributed by atoms with E-state index in [9.17, 15) is 9.18 Å². The third-order valence-corrected chi connectivity index (χ3v) is 4.01. The number of carbonyl (C=O) groups excluding carboxylic acids is 1. The predicted octanol–water partition coefficient (Wildman–Crippen LogP) is 2.62. The molecule has 2 amide bonds. The first-order valence-electron chi connectivity index (χ1n) is 7.45. The molecule has 0 radical (unpaired) electrons. The molecule has 0 aromatic heterocycles. The first-order valence-corrected chi connectivity index (χ1v) is 7.45. The highest BCUT2D eigenvalue weighted by atomic mass is 19.1. The Hall–Kier alpha value is -1.62. The van der Waals surface area contributed by atoms with Crippen LogP contribution in [0.4, 0.5) is 9.18 Å². The van der Waals surface area contributed by atoms with Gasteiger partial charge in [0.05, 0.1) is 0 Å². The summed E-state index contributed by atoms with van der Waals surface area (Å²) >= 11 is 0. The third kappa shape index (κ3) is 3.94. The van der Waals surface area contributed by atoms with E-state index in [-0.39, 0.29) is 17.9 Å². The largest absolute Gasteiger partial charge is 0.331 e. The van der Waals surface area contributed by atoms with Gasteiger partial charge in [0, 0.05) is 44.8 Å². The lowest BCUT2D eigenvalue weighted by Crippen LogP contribution is -2.48. The molecule has 1 atom stereocenters. The minimum Gasteiger partial charge on any atom is -0.331 e. The third-order valence-electron chi connectivity index (χ3n) is 4.01. The number of piperidine rings is 1. The lowest BCUT2D eigenvalue weighted by molar-refractivity contribution is 0.151. The van der Waals surface area contributed by atoms with Gasteiger partial charge in [-0.15, -0.1) is 0 Å². The number of urea groups is 1. The van der Waals surface area contributed by atoms with Gasteiger partial charge in [-0.05, 0) is 25.8 Å². The van der Waals surface area contributed by atoms with Crippen molar-refractivity contribution in [3.05, 3.63) is 35.6 Å². The zero-order valence-corrected chi connectivity index (χ0v) is 13.0. The molecule has 1 aliphatic rings. The van der Waals surface area contributed by atoms with Gasteiger partial charge in [0.25, 0.3) is 0 Å². The maximum absolute atomic E-state index is 13.8. The lowest BCUT2D eigenvalue weighted by Gasteiger charge is -2.35. The Labute approximate surface area is 125 Å². The number of likely N-dealkylation sites (tertiary alicyclic amines) is 1. The van der Waals surface area contributed by atoms with Gasteiger partial charge in [-0.2, -0.15) is 0 Å². The van der Waals surface area contributed by atoms with Crippen molar-refractivity contribution in [3.8, 4) is 0 Å². The van der Waals surface area contributed by atoms with Crippen LogP contribution in [0.25, 0.3) is 0 Å². The second-order valence-corrected chi connectivity index (χ2v) is 5.85. The average Bonchev–Trinajstić information content (AvgIpc) is 2.47. The van der Waals surface area contributed by atoms with E-state index in [1.54, 1.807) is 25.1 Å². The normalized spacial score (nSPS) is 17.6. The van der Waals surface area contributed by atoms with Crippen molar-refractivity contribution in [2.45, 2.75) is 31.8 Å². The number of hydrogen-bond acceptors (Lipinski definition) is 2. The Kier molecular flexibility index (Phi) is 5.17. The summed E-state index contributed by atoms with van der Waals surface area (Å²) in [4.78, 5) is 15.3. The summed E-state index contributed by atoms with van der Waals surface area (Å²) in [7, 11) is 3.54. The summed E-state index contributed by atoms with van der Waals surface area (Å²) in [5.74, 6) is -0.169. The Bertz CT molecular complexity index is 484. The molecule has 1 saturated heterocycles. The van der Waals surface area contributed by atoms with Crippen molar-refractivity contribution in [2.75, 3.05) is 27.2 Å². The molecule has 1 N–H and O–H groups in total. The number of nitrogens with one attached hydrogen (secondary N) is 1. The molecule has 0 bridgehead atoms. The van der Waals surface area contributed by atoms with Crippen molar-refractivity contribution in [3.63, 3.8) is 0 Å². The second-order valence-electron chi connectivity index (χ2n) is 5.85. The van der Waals surface area contributed by atoms with Gasteiger partial charge in [0.1, 0.15) is 5.82 Å². The quantitative estimate of drug-likeness (QED) is 0.930. The Morgan fingerprint density at radius 1 is 1.33 bits per heavy atom. The van der Waals surface area contributed by atoms with Gasteiger partial charge >= 0.3 is 6.03 Å². The molecular weight excluding hydrogens is 269 g/mol. The van der Waals surface area contributed by atoms with Crippen LogP contribution in [0.1, 0.15) is 31.4 Å². The number of amides is 2. The number of hydrogen-bond donors (Lipinski definition) is 1. The van der Waals surface area contributed by atoms with Crippen molar-refractivity contribution in [1.82, 2.24) is 15.1 Å². The standard InChI is InChI=1S/C16H24FN3O/c1-12(14-6-4-5-7-15(14)17)18-13-8-10-20(11-9-13)16(21)19(2)3/h4-7,12-13,18H,8-11H2,1-3H3. The maximum Gasteiger partial charge on any atom is 0.319 e. The highest BCUT2D eigenvalue weighted by Gasteiger charge is 2.25. The van der Waals surface area contributed by atoms with Crippen molar-refractivity contribution >= 4 is 6.03 Å². The van der Waals surface area contributed by atoms with Crippen molar-refractivity contribution in [1.29, 1.82) is 0 Å². The number of nitrogens with zero attached hydrogens (tertiary/aromatic N) is 2. The van der Waals surface area contributed by atoms with Crippen LogP contribution in [0, 0.1) is 5.82 Å². The SMILES string of the molecule is CC(NC1CCN(C(=O)N(C)C)CC1)c1ccccc1F. The second kappa shape index (κ2) is 6.89. The van der Waals surface area contributed by atoms with Crippen LogP contribution in [0.15, 0.2) is 24.3 Å². The van der Waals surface area contributed by atoms with Crippen LogP contribution < -0.4 is 5.32 Å². The zero-order valence-electron chi connectivity index (χ0n) is 13.0. The van der Waals surface area contributed by atoms with Crippen LogP contribution in [0.3, 0.4) is 0 Å². The molecule has 1 aromatic carbocycles. The van der Waals surface area contributed by atoms with E-state index in [0.29, 0.717) is 11.6 Å². The van der Waals surface area contributed by atoms with Crippen LogP contribution in [-0.4, -0.2) is 49.1 Å². The molecule has 1 fully saturated rings.